The summed E-state index contributed by atoms with van der Waals surface area (Å²) in [5.41, 5.74) is 0. The van der Waals surface area contributed by atoms with Crippen molar-refractivity contribution >= 4 is 13.5 Å². The molecule has 44 valence electrons. The van der Waals surface area contributed by atoms with Gasteiger partial charge in [0.15, 0.2) is 0 Å². The molecule has 0 rings (SSSR count). The predicted molar refractivity (Wildman–Crippen MR) is 21.5 cm³/mol. The Balaban J connectivity index is -0.0000000300. The zero-order valence-electron chi connectivity index (χ0n) is 7.24. The Kier molecular flexibility index (Phi) is 17.2. The third-order valence-electron chi connectivity index (χ3n) is 0.206. The van der Waals surface area contributed by atoms with Gasteiger partial charge in [0, 0.05) is 0 Å². The van der Waals surface area contributed by atoms with Crippen molar-refractivity contribution in [2.24, 2.45) is 0 Å². The zero-order chi connectivity index (χ0) is 5.86. The molecule has 0 aromatic heterocycles. The minimum Gasteiger partial charge on any atom is -1.00 e. The van der Waals surface area contributed by atoms with E-state index in [-0.39, 0.29) is 62.0 Å². The average Bonchev–Trinajstić information content (AvgIpc) is 1.27. The molecule has 0 aliphatic carbocycles. The van der Waals surface area contributed by atoms with Gasteiger partial charge in [0.2, 0.25) is 0 Å². The van der Waals surface area contributed by atoms with Crippen molar-refractivity contribution in [2.75, 3.05) is 0 Å². The first-order valence-corrected chi connectivity index (χ1v) is 1.38. The van der Waals surface area contributed by atoms with Crippen molar-refractivity contribution in [2.45, 2.75) is 0 Å². The fraction of sp³-hybridized carbons (Fsp3) is 0. The molecular weight excluding hydrogens is 149 g/mol. The molecule has 8 heteroatoms. The summed E-state index contributed by atoms with van der Waals surface area (Å²) in [6, 6.07) is 0. The minimum atomic E-state index is -2.22. The van der Waals surface area contributed by atoms with E-state index in [0.29, 0.717) is 0 Å². The van der Waals surface area contributed by atoms with Crippen molar-refractivity contribution in [1.29, 1.82) is 0 Å². The van der Waals surface area contributed by atoms with E-state index in [0.717, 1.165) is 0 Å². The molecule has 0 bridgehead atoms. The van der Waals surface area contributed by atoms with Gasteiger partial charge in [-0.25, -0.2) is 4.79 Å². The van der Waals surface area contributed by atoms with Gasteiger partial charge in [0.1, 0.15) is 0 Å². The molecular formula is CH5BNa2O5. The maximum Gasteiger partial charge on any atom is 1.00 e. The van der Waals surface area contributed by atoms with E-state index in [1.54, 1.807) is 0 Å². The van der Waals surface area contributed by atoms with Gasteiger partial charge in [-0.2, -0.15) is 0 Å². The maximum atomic E-state index is 9.27. The van der Waals surface area contributed by atoms with Crippen LogP contribution >= 0.6 is 0 Å². The van der Waals surface area contributed by atoms with Crippen LogP contribution in [0.15, 0.2) is 0 Å². The number of hydrogen-bond acceptors (Lipinski definition) is 4. The van der Waals surface area contributed by atoms with Crippen LogP contribution in [0.25, 0.3) is 0 Å². The molecule has 0 heterocycles. The monoisotopic (exact) mass is 154 g/mol. The fourth-order valence-corrected chi connectivity index (χ4v) is 0.0902. The molecule has 0 spiro atoms. The summed E-state index contributed by atoms with van der Waals surface area (Å²) >= 11 is 0. The van der Waals surface area contributed by atoms with Crippen LogP contribution < -0.4 is 59.1 Å². The van der Waals surface area contributed by atoms with E-state index in [2.05, 4.69) is 4.65 Å². The molecule has 0 aromatic carbocycles. The van der Waals surface area contributed by atoms with Crippen molar-refractivity contribution in [3.8, 4) is 0 Å². The van der Waals surface area contributed by atoms with E-state index in [1.165, 1.54) is 0 Å². The molecule has 0 aromatic rings. The van der Waals surface area contributed by atoms with Crippen LogP contribution in [0, 0.1) is 0 Å². The Morgan fingerprint density at radius 1 is 1.44 bits per heavy atom. The Morgan fingerprint density at radius 2 is 1.78 bits per heavy atom. The normalized spacial score (nSPS) is 6.00. The Morgan fingerprint density at radius 3 is 1.78 bits per heavy atom. The summed E-state index contributed by atoms with van der Waals surface area (Å²) in [7, 11) is -2.22. The second kappa shape index (κ2) is 9.25. The standard InChI is InChI=1S/CH3BO5.2Na.2H/c3-1(4)7-2(5)6;;;;/h5-6H,(H,3,4);;;;/q;2*+1;2*-1. The summed E-state index contributed by atoms with van der Waals surface area (Å²) in [4.78, 5) is 9.27. The van der Waals surface area contributed by atoms with Gasteiger partial charge in [0.05, 0.1) is 0 Å². The van der Waals surface area contributed by atoms with Gasteiger partial charge < -0.3 is 22.7 Å². The Bertz CT molecular complexity index is 82.9. The van der Waals surface area contributed by atoms with Crippen molar-refractivity contribution in [1.82, 2.24) is 0 Å². The number of rotatable bonds is 1. The van der Waals surface area contributed by atoms with Crippen LogP contribution in [0.4, 0.5) is 4.79 Å². The van der Waals surface area contributed by atoms with Crippen LogP contribution in [0.2, 0.25) is 0 Å². The fourth-order valence-electron chi connectivity index (χ4n) is 0.0902. The van der Waals surface area contributed by atoms with E-state index in [1.807, 2.05) is 0 Å². The first kappa shape index (κ1) is 16.7. The van der Waals surface area contributed by atoms with Crippen molar-refractivity contribution < 1.29 is 86.6 Å². The maximum absolute atomic E-state index is 9.27. The van der Waals surface area contributed by atoms with Gasteiger partial charge in [-0.05, 0) is 0 Å². The van der Waals surface area contributed by atoms with Gasteiger partial charge >= 0.3 is 72.6 Å². The van der Waals surface area contributed by atoms with Gasteiger partial charge in [0.25, 0.3) is 0 Å². The third kappa shape index (κ3) is 17.6. The minimum absolute atomic E-state index is 0. The van der Waals surface area contributed by atoms with Crippen LogP contribution in [0.3, 0.4) is 0 Å². The quantitative estimate of drug-likeness (QED) is 0.326. The third-order valence-corrected chi connectivity index (χ3v) is 0.206. The molecule has 0 amide bonds. The SMILES string of the molecule is O=C(O)OB(O)O.[H-].[H-].[Na+].[Na+]. The molecule has 0 unspecified atom stereocenters. The topological polar surface area (TPSA) is 87.0 Å². The molecule has 0 saturated heterocycles. The van der Waals surface area contributed by atoms with E-state index < -0.39 is 13.5 Å². The first-order valence-electron chi connectivity index (χ1n) is 1.38. The second-order valence-corrected chi connectivity index (χ2v) is 0.710. The van der Waals surface area contributed by atoms with Crippen LogP contribution in [-0.2, 0) is 4.65 Å². The van der Waals surface area contributed by atoms with Gasteiger partial charge in [-0.15, -0.1) is 0 Å². The zero-order valence-corrected chi connectivity index (χ0v) is 9.24. The van der Waals surface area contributed by atoms with E-state index in [4.69, 9.17) is 15.2 Å². The molecule has 0 saturated carbocycles. The average molecular weight is 154 g/mol. The first-order chi connectivity index (χ1) is 3.13. The summed E-state index contributed by atoms with van der Waals surface area (Å²) < 4.78 is 3.28. The van der Waals surface area contributed by atoms with Gasteiger partial charge in [-0.3, -0.25) is 0 Å². The number of carbonyl (C=O) groups is 1. The molecule has 0 atom stereocenters. The Hall–Kier alpha value is 1.25. The molecule has 9 heavy (non-hydrogen) atoms. The molecule has 3 N–H and O–H groups in total. The van der Waals surface area contributed by atoms with Gasteiger partial charge in [-0.1, -0.05) is 0 Å². The second-order valence-electron chi connectivity index (χ2n) is 0.710. The van der Waals surface area contributed by atoms with Crippen molar-refractivity contribution in [3.63, 3.8) is 0 Å². The predicted octanol–water partition coefficient (Wildman–Crippen LogP) is -7.12. The van der Waals surface area contributed by atoms with Crippen LogP contribution in [0.5, 0.6) is 0 Å². The van der Waals surface area contributed by atoms with Crippen LogP contribution in [-0.4, -0.2) is 28.6 Å². The molecule has 5 nitrogen and oxygen atoms in total. The number of hydrogen-bond donors (Lipinski definition) is 3. The summed E-state index contributed by atoms with van der Waals surface area (Å²) in [6.45, 7) is 0. The molecule has 0 aliphatic heterocycles. The van der Waals surface area contributed by atoms with Crippen LogP contribution in [0.1, 0.15) is 2.85 Å². The largest absolute Gasteiger partial charge is 1.00 e. The summed E-state index contributed by atoms with van der Waals surface area (Å²) in [5, 5.41) is 22.9. The van der Waals surface area contributed by atoms with Crippen molar-refractivity contribution in [3.05, 3.63) is 0 Å². The Labute approximate surface area is 99.1 Å². The smallest absolute Gasteiger partial charge is 1.00 e. The molecule has 0 aliphatic rings. The van der Waals surface area contributed by atoms with E-state index >= 15 is 0 Å². The summed E-state index contributed by atoms with van der Waals surface area (Å²) in [5.74, 6) is 0. The number of carboxylic acid groups (broad SMARTS) is 1. The van der Waals surface area contributed by atoms with E-state index in [9.17, 15) is 4.79 Å². The molecule has 0 radical (unpaired) electrons. The summed E-state index contributed by atoms with van der Waals surface area (Å²) in [6.07, 6.45) is -1.71. The molecule has 0 fully saturated rings.